The Labute approximate surface area is 97.9 Å². The normalized spacial score (nSPS) is 16.8. The minimum atomic E-state index is 0.303. The average Bonchev–Trinajstić information content (AvgIpc) is 2.69. The van der Waals surface area contributed by atoms with Crippen molar-refractivity contribution in [2.24, 2.45) is 5.41 Å². The molecule has 1 aromatic rings. The molecular formula is C13H21N3. The van der Waals surface area contributed by atoms with Gasteiger partial charge in [0.1, 0.15) is 0 Å². The fourth-order valence-electron chi connectivity index (χ4n) is 2.25. The molecular weight excluding hydrogens is 198 g/mol. The molecule has 3 nitrogen and oxygen atoms in total. The van der Waals surface area contributed by atoms with Gasteiger partial charge < -0.3 is 4.90 Å². The number of aromatic nitrogens is 2. The maximum Gasteiger partial charge on any atom is 0.154 e. The monoisotopic (exact) mass is 219 g/mol. The standard InChI is InChI=1S/C13H21N3/c1-13(2,3)10-11-6-7-14-15-12(11)16-8-4-5-9-16/h6-7H,4-5,8-10H2,1-3H3. The van der Waals surface area contributed by atoms with Gasteiger partial charge in [0.15, 0.2) is 5.82 Å². The lowest BCUT2D eigenvalue weighted by atomic mass is 9.88. The van der Waals surface area contributed by atoms with Crippen molar-refractivity contribution in [2.75, 3.05) is 18.0 Å². The van der Waals surface area contributed by atoms with Crippen LogP contribution < -0.4 is 4.90 Å². The van der Waals surface area contributed by atoms with Crippen LogP contribution in [0.3, 0.4) is 0 Å². The first-order valence-corrected chi connectivity index (χ1v) is 6.12. The minimum absolute atomic E-state index is 0.303. The Kier molecular flexibility index (Phi) is 3.13. The molecule has 1 aliphatic heterocycles. The summed E-state index contributed by atoms with van der Waals surface area (Å²) >= 11 is 0. The molecule has 0 spiro atoms. The van der Waals surface area contributed by atoms with Gasteiger partial charge >= 0.3 is 0 Å². The van der Waals surface area contributed by atoms with E-state index < -0.39 is 0 Å². The third kappa shape index (κ3) is 2.71. The Hall–Kier alpha value is -1.12. The van der Waals surface area contributed by atoms with E-state index in [-0.39, 0.29) is 0 Å². The van der Waals surface area contributed by atoms with E-state index >= 15 is 0 Å². The molecule has 0 aromatic carbocycles. The average molecular weight is 219 g/mol. The molecule has 0 N–H and O–H groups in total. The Bertz CT molecular complexity index is 348. The van der Waals surface area contributed by atoms with Gasteiger partial charge in [0.05, 0.1) is 6.20 Å². The van der Waals surface area contributed by atoms with E-state index in [1.807, 2.05) is 0 Å². The Morgan fingerprint density at radius 2 is 1.94 bits per heavy atom. The summed E-state index contributed by atoms with van der Waals surface area (Å²) in [7, 11) is 0. The van der Waals surface area contributed by atoms with E-state index in [1.54, 1.807) is 6.20 Å². The largest absolute Gasteiger partial charge is 0.355 e. The topological polar surface area (TPSA) is 29.0 Å². The first-order valence-electron chi connectivity index (χ1n) is 6.12. The lowest BCUT2D eigenvalue weighted by Crippen LogP contribution is -2.22. The van der Waals surface area contributed by atoms with Crippen LogP contribution in [-0.4, -0.2) is 23.3 Å². The summed E-state index contributed by atoms with van der Waals surface area (Å²) in [4.78, 5) is 2.37. The van der Waals surface area contributed by atoms with Crippen LogP contribution >= 0.6 is 0 Å². The highest BCUT2D eigenvalue weighted by molar-refractivity contribution is 5.46. The van der Waals surface area contributed by atoms with Gasteiger partial charge in [0.25, 0.3) is 0 Å². The summed E-state index contributed by atoms with van der Waals surface area (Å²) in [5.41, 5.74) is 1.64. The summed E-state index contributed by atoms with van der Waals surface area (Å²) < 4.78 is 0. The zero-order valence-corrected chi connectivity index (χ0v) is 10.5. The lowest BCUT2D eigenvalue weighted by molar-refractivity contribution is 0.410. The van der Waals surface area contributed by atoms with Gasteiger partial charge in [-0.1, -0.05) is 20.8 Å². The van der Waals surface area contributed by atoms with E-state index in [2.05, 4.69) is 41.9 Å². The summed E-state index contributed by atoms with van der Waals surface area (Å²) in [5.74, 6) is 1.11. The summed E-state index contributed by atoms with van der Waals surface area (Å²) in [5, 5.41) is 8.35. The van der Waals surface area contributed by atoms with Crippen LogP contribution in [0.4, 0.5) is 5.82 Å². The first kappa shape index (κ1) is 11.4. The van der Waals surface area contributed by atoms with Crippen molar-refractivity contribution in [3.8, 4) is 0 Å². The molecule has 0 unspecified atom stereocenters. The van der Waals surface area contributed by atoms with E-state index in [4.69, 9.17) is 0 Å². The lowest BCUT2D eigenvalue weighted by Gasteiger charge is -2.23. The summed E-state index contributed by atoms with van der Waals surface area (Å²) in [6.45, 7) is 9.06. The smallest absolute Gasteiger partial charge is 0.154 e. The summed E-state index contributed by atoms with van der Waals surface area (Å²) in [6, 6.07) is 2.12. The van der Waals surface area contributed by atoms with Gasteiger partial charge in [-0.3, -0.25) is 0 Å². The number of nitrogens with zero attached hydrogens (tertiary/aromatic N) is 3. The second-order valence-electron chi connectivity index (χ2n) is 5.81. The maximum atomic E-state index is 4.32. The van der Waals surface area contributed by atoms with Crippen molar-refractivity contribution < 1.29 is 0 Å². The number of anilines is 1. The van der Waals surface area contributed by atoms with Crippen molar-refractivity contribution in [1.29, 1.82) is 0 Å². The SMILES string of the molecule is CC(C)(C)Cc1ccnnc1N1CCCC1. The molecule has 1 aliphatic rings. The Morgan fingerprint density at radius 1 is 1.25 bits per heavy atom. The fourth-order valence-corrected chi connectivity index (χ4v) is 2.25. The van der Waals surface area contributed by atoms with Gasteiger partial charge in [-0.05, 0) is 36.3 Å². The van der Waals surface area contributed by atoms with Gasteiger partial charge in [-0.2, -0.15) is 5.10 Å². The van der Waals surface area contributed by atoms with Crippen molar-refractivity contribution in [2.45, 2.75) is 40.0 Å². The molecule has 0 amide bonds. The molecule has 0 bridgehead atoms. The zero-order chi connectivity index (χ0) is 11.6. The molecule has 0 saturated carbocycles. The molecule has 0 aliphatic carbocycles. The van der Waals surface area contributed by atoms with E-state index in [0.717, 1.165) is 25.3 Å². The van der Waals surface area contributed by atoms with Gasteiger partial charge in [0.2, 0.25) is 0 Å². The van der Waals surface area contributed by atoms with Crippen LogP contribution in [0.2, 0.25) is 0 Å². The number of rotatable bonds is 2. The molecule has 88 valence electrons. The zero-order valence-electron chi connectivity index (χ0n) is 10.5. The predicted octanol–water partition coefficient (Wildman–Crippen LogP) is 2.67. The molecule has 3 heteroatoms. The molecule has 2 rings (SSSR count). The predicted molar refractivity (Wildman–Crippen MR) is 66.6 cm³/mol. The van der Waals surface area contributed by atoms with Crippen molar-refractivity contribution in [1.82, 2.24) is 10.2 Å². The second-order valence-corrected chi connectivity index (χ2v) is 5.81. The maximum absolute atomic E-state index is 4.32. The second kappa shape index (κ2) is 4.40. The van der Waals surface area contributed by atoms with Crippen LogP contribution in [0.25, 0.3) is 0 Å². The van der Waals surface area contributed by atoms with Gasteiger partial charge in [0, 0.05) is 13.1 Å². The molecule has 0 radical (unpaired) electrons. The highest BCUT2D eigenvalue weighted by Crippen LogP contribution is 2.27. The minimum Gasteiger partial charge on any atom is -0.355 e. The first-order chi connectivity index (χ1) is 7.56. The van der Waals surface area contributed by atoms with E-state index in [9.17, 15) is 0 Å². The third-order valence-electron chi connectivity index (χ3n) is 2.91. The molecule has 1 fully saturated rings. The van der Waals surface area contributed by atoms with Crippen molar-refractivity contribution >= 4 is 5.82 Å². The molecule has 1 saturated heterocycles. The van der Waals surface area contributed by atoms with Crippen LogP contribution in [-0.2, 0) is 6.42 Å². The Balaban J connectivity index is 2.23. The van der Waals surface area contributed by atoms with Crippen LogP contribution in [0.5, 0.6) is 0 Å². The van der Waals surface area contributed by atoms with E-state index in [0.29, 0.717) is 5.41 Å². The highest BCUT2D eigenvalue weighted by Gasteiger charge is 2.20. The highest BCUT2D eigenvalue weighted by atomic mass is 15.3. The third-order valence-corrected chi connectivity index (χ3v) is 2.91. The quantitative estimate of drug-likeness (QED) is 0.765. The molecule has 2 heterocycles. The molecule has 1 aromatic heterocycles. The van der Waals surface area contributed by atoms with Crippen molar-refractivity contribution in [3.63, 3.8) is 0 Å². The molecule has 0 atom stereocenters. The van der Waals surface area contributed by atoms with Gasteiger partial charge in [-0.25, -0.2) is 0 Å². The number of hydrogen-bond acceptors (Lipinski definition) is 3. The fraction of sp³-hybridized carbons (Fsp3) is 0.692. The van der Waals surface area contributed by atoms with Crippen molar-refractivity contribution in [3.05, 3.63) is 17.8 Å². The van der Waals surface area contributed by atoms with Gasteiger partial charge in [-0.15, -0.1) is 5.10 Å². The number of hydrogen-bond donors (Lipinski definition) is 0. The van der Waals surface area contributed by atoms with Crippen LogP contribution in [0.15, 0.2) is 12.3 Å². The summed E-state index contributed by atoms with van der Waals surface area (Å²) in [6.07, 6.45) is 5.44. The van der Waals surface area contributed by atoms with Crippen LogP contribution in [0.1, 0.15) is 39.2 Å². The van der Waals surface area contributed by atoms with E-state index in [1.165, 1.54) is 18.4 Å². The molecule has 16 heavy (non-hydrogen) atoms. The Morgan fingerprint density at radius 3 is 2.56 bits per heavy atom. The van der Waals surface area contributed by atoms with Crippen LogP contribution in [0, 0.1) is 5.41 Å².